The van der Waals surface area contributed by atoms with Gasteiger partial charge in [-0.25, -0.2) is 0 Å². The molecule has 4 atom stereocenters. The van der Waals surface area contributed by atoms with Crippen LogP contribution in [0.5, 0.6) is 0 Å². The van der Waals surface area contributed by atoms with Crippen molar-refractivity contribution in [2.24, 2.45) is 22.7 Å². The minimum atomic E-state index is 0.179. The Morgan fingerprint density at radius 1 is 1.33 bits per heavy atom. The molecule has 0 radical (unpaired) electrons. The fourth-order valence-corrected chi connectivity index (χ4v) is 4.50. The molecule has 0 aliphatic heterocycles. The van der Waals surface area contributed by atoms with Crippen LogP contribution in [0, 0.1) is 22.7 Å². The van der Waals surface area contributed by atoms with Crippen molar-refractivity contribution < 1.29 is 1.37 Å². The predicted octanol–water partition coefficient (Wildman–Crippen LogP) is 4.56. The van der Waals surface area contributed by atoms with Crippen molar-refractivity contribution in [1.29, 1.82) is 0 Å². The second-order valence-electron chi connectivity index (χ2n) is 6.62. The van der Waals surface area contributed by atoms with Gasteiger partial charge in [-0.2, -0.15) is 0 Å². The van der Waals surface area contributed by atoms with Gasteiger partial charge < -0.3 is 0 Å². The Bertz CT molecular complexity index is 366. The summed E-state index contributed by atoms with van der Waals surface area (Å²) in [4.78, 5) is 0. The van der Waals surface area contributed by atoms with E-state index in [0.717, 1.165) is 5.92 Å². The molecule has 3 aliphatic rings. The number of hydrogen-bond donors (Lipinski definition) is 0. The van der Waals surface area contributed by atoms with Crippen molar-refractivity contribution in [2.45, 2.75) is 59.8 Å². The first kappa shape index (κ1) is 8.84. The van der Waals surface area contributed by atoms with Crippen LogP contribution < -0.4 is 0 Å². The van der Waals surface area contributed by atoms with Crippen molar-refractivity contribution in [3.8, 4) is 0 Å². The molecule has 0 saturated heterocycles. The number of hydrogen-bond acceptors (Lipinski definition) is 0. The molecular formula is C15H24. The summed E-state index contributed by atoms with van der Waals surface area (Å²) in [5, 5.41) is 0. The third-order valence-corrected chi connectivity index (χ3v) is 5.98. The fraction of sp³-hybridized carbons (Fsp3) is 0.867. The molecule has 84 valence electrons. The number of fused-ring (bicyclic) bond motifs is 1. The maximum absolute atomic E-state index is 8.71. The Hall–Kier alpha value is -0.260. The van der Waals surface area contributed by atoms with Gasteiger partial charge in [0.25, 0.3) is 0 Å². The summed E-state index contributed by atoms with van der Waals surface area (Å²) >= 11 is 0. The van der Waals surface area contributed by atoms with Crippen LogP contribution in [0.2, 0.25) is 0 Å². The average molecular weight is 205 g/mol. The van der Waals surface area contributed by atoms with E-state index < -0.39 is 0 Å². The Morgan fingerprint density at radius 2 is 2.07 bits per heavy atom. The first-order valence-electron chi connectivity index (χ1n) is 7.13. The predicted molar refractivity (Wildman–Crippen MR) is 64.7 cm³/mol. The van der Waals surface area contributed by atoms with E-state index in [0.29, 0.717) is 11.3 Å². The van der Waals surface area contributed by atoms with Gasteiger partial charge in [-0.1, -0.05) is 31.9 Å². The Morgan fingerprint density at radius 3 is 2.80 bits per heavy atom. The SMILES string of the molecule is [2H][C@@H]1[C@@H]2CC[C@@]13C(=C(C)C2(C)C)CC[C@@H]3C. The van der Waals surface area contributed by atoms with E-state index in [1.807, 2.05) is 0 Å². The van der Waals surface area contributed by atoms with Crippen LogP contribution in [0.1, 0.15) is 61.1 Å². The molecule has 2 fully saturated rings. The van der Waals surface area contributed by atoms with Gasteiger partial charge in [-0.05, 0) is 61.7 Å². The summed E-state index contributed by atoms with van der Waals surface area (Å²) in [6.07, 6.45) is 5.36. The van der Waals surface area contributed by atoms with Crippen molar-refractivity contribution in [3.63, 3.8) is 0 Å². The van der Waals surface area contributed by atoms with Gasteiger partial charge in [0.2, 0.25) is 0 Å². The topological polar surface area (TPSA) is 0 Å². The third kappa shape index (κ3) is 0.990. The molecule has 0 aromatic rings. The second-order valence-corrected chi connectivity index (χ2v) is 6.62. The van der Waals surface area contributed by atoms with Gasteiger partial charge in [0.05, 0.1) is 0 Å². The summed E-state index contributed by atoms with van der Waals surface area (Å²) in [5.41, 5.74) is 3.91. The first-order chi connectivity index (χ1) is 7.42. The zero-order valence-electron chi connectivity index (χ0n) is 11.6. The van der Waals surface area contributed by atoms with Crippen LogP contribution in [0.4, 0.5) is 0 Å². The van der Waals surface area contributed by atoms with E-state index in [1.165, 1.54) is 25.7 Å². The van der Waals surface area contributed by atoms with E-state index in [2.05, 4.69) is 27.7 Å². The van der Waals surface area contributed by atoms with Crippen LogP contribution in [0.3, 0.4) is 0 Å². The van der Waals surface area contributed by atoms with Crippen LogP contribution in [0.15, 0.2) is 11.1 Å². The normalized spacial score (nSPS) is 53.1. The Kier molecular flexibility index (Phi) is 1.59. The number of allylic oxidation sites excluding steroid dienone is 2. The van der Waals surface area contributed by atoms with Gasteiger partial charge in [-0.15, -0.1) is 0 Å². The van der Waals surface area contributed by atoms with Crippen molar-refractivity contribution in [3.05, 3.63) is 11.1 Å². The average Bonchev–Trinajstić information content (AvgIpc) is 2.69. The lowest BCUT2D eigenvalue weighted by molar-refractivity contribution is 0.183. The fourth-order valence-electron chi connectivity index (χ4n) is 4.50. The molecule has 15 heavy (non-hydrogen) atoms. The van der Waals surface area contributed by atoms with Crippen LogP contribution in [-0.4, -0.2) is 0 Å². The van der Waals surface area contributed by atoms with E-state index in [4.69, 9.17) is 1.37 Å². The molecular weight excluding hydrogens is 180 g/mol. The highest BCUT2D eigenvalue weighted by Gasteiger charge is 2.56. The van der Waals surface area contributed by atoms with E-state index in [1.54, 1.807) is 11.1 Å². The summed E-state index contributed by atoms with van der Waals surface area (Å²) in [7, 11) is 0. The molecule has 0 aromatic heterocycles. The maximum Gasteiger partial charge on any atom is 0.0279 e. The van der Waals surface area contributed by atoms with E-state index in [-0.39, 0.29) is 11.8 Å². The van der Waals surface area contributed by atoms with E-state index >= 15 is 0 Å². The zero-order valence-corrected chi connectivity index (χ0v) is 10.6. The highest BCUT2D eigenvalue weighted by Crippen LogP contribution is 2.67. The number of rotatable bonds is 0. The molecule has 0 aromatic carbocycles. The highest BCUT2D eigenvalue weighted by molar-refractivity contribution is 5.36. The summed E-state index contributed by atoms with van der Waals surface area (Å²) in [6.45, 7) is 9.49. The lowest BCUT2D eigenvalue weighted by atomic mass is 9.61. The molecule has 2 saturated carbocycles. The monoisotopic (exact) mass is 205 g/mol. The highest BCUT2D eigenvalue weighted by atomic mass is 14.6. The molecule has 3 aliphatic carbocycles. The molecule has 0 amide bonds. The van der Waals surface area contributed by atoms with Crippen LogP contribution in [-0.2, 0) is 0 Å². The molecule has 0 heteroatoms. The smallest absolute Gasteiger partial charge is 0.0279 e. The Balaban J connectivity index is 2.23. The summed E-state index contributed by atoms with van der Waals surface area (Å²) in [5.74, 6) is 1.36. The lowest BCUT2D eigenvalue weighted by Gasteiger charge is -2.44. The largest absolute Gasteiger partial charge is 0.0676 e. The van der Waals surface area contributed by atoms with Gasteiger partial charge in [0.1, 0.15) is 0 Å². The minimum absolute atomic E-state index is 0.179. The van der Waals surface area contributed by atoms with Gasteiger partial charge in [0, 0.05) is 1.37 Å². The van der Waals surface area contributed by atoms with Gasteiger partial charge in [0.15, 0.2) is 0 Å². The Labute approximate surface area is 95.5 Å². The lowest BCUT2D eigenvalue weighted by Crippen LogP contribution is -2.34. The summed E-state index contributed by atoms with van der Waals surface area (Å²) in [6, 6.07) is 0. The first-order valence-corrected chi connectivity index (χ1v) is 6.55. The quantitative estimate of drug-likeness (QED) is 0.509. The molecule has 3 rings (SSSR count). The molecule has 0 unspecified atom stereocenters. The van der Waals surface area contributed by atoms with Crippen molar-refractivity contribution >= 4 is 0 Å². The van der Waals surface area contributed by atoms with Gasteiger partial charge >= 0.3 is 0 Å². The van der Waals surface area contributed by atoms with Crippen molar-refractivity contribution in [2.75, 3.05) is 0 Å². The molecule has 0 heterocycles. The second kappa shape index (κ2) is 2.70. The molecule has 0 N–H and O–H groups in total. The van der Waals surface area contributed by atoms with Gasteiger partial charge in [-0.3, -0.25) is 0 Å². The van der Waals surface area contributed by atoms with E-state index in [9.17, 15) is 0 Å². The molecule has 0 nitrogen and oxygen atoms in total. The maximum atomic E-state index is 8.71. The van der Waals surface area contributed by atoms with Crippen LogP contribution in [0.25, 0.3) is 0 Å². The van der Waals surface area contributed by atoms with Crippen LogP contribution >= 0.6 is 0 Å². The molecule has 1 spiro atoms. The third-order valence-electron chi connectivity index (χ3n) is 5.98. The standard InChI is InChI=1S/C15H24/c1-10-5-6-13-11(2)14(3,4)12-7-8-15(10,13)9-12/h10,12H,5-9H2,1-4H3/t10-,12-,15+/m0/s1/i9D/t9-,10+,12+,15-/m1. The van der Waals surface area contributed by atoms with Crippen molar-refractivity contribution in [1.82, 2.24) is 0 Å². The minimum Gasteiger partial charge on any atom is -0.0676 e. The molecule has 2 bridgehead atoms. The zero-order chi connectivity index (χ0) is 11.7. The summed E-state index contributed by atoms with van der Waals surface area (Å²) < 4.78 is 8.71.